The van der Waals surface area contributed by atoms with Crippen LogP contribution < -0.4 is 5.56 Å². The first kappa shape index (κ1) is 15.2. The predicted octanol–water partition coefficient (Wildman–Crippen LogP) is 3.47. The molecule has 1 fully saturated rings. The van der Waals surface area contributed by atoms with Gasteiger partial charge in [0.2, 0.25) is 0 Å². The first-order valence-electron chi connectivity index (χ1n) is 7.68. The van der Waals surface area contributed by atoms with Gasteiger partial charge in [-0.3, -0.25) is 4.79 Å². The number of aromatic amines is 1. The summed E-state index contributed by atoms with van der Waals surface area (Å²) in [5.41, 5.74) is 1.60. The standard InChI is InChI=1S/C16H26N2O2/c1-10(2)13-11(3)17-15(18-16(13)19)14(20-4)12-8-6-5-7-9-12/h10,12,14H,5-9H2,1-4H3,(H,17,18,19). The second-order valence-corrected chi connectivity index (χ2v) is 6.16. The van der Waals surface area contributed by atoms with Crippen molar-refractivity contribution in [2.75, 3.05) is 7.11 Å². The average Bonchev–Trinajstić information content (AvgIpc) is 2.39. The molecule has 0 spiro atoms. The molecule has 0 bridgehead atoms. The van der Waals surface area contributed by atoms with Crippen molar-refractivity contribution in [1.82, 2.24) is 9.97 Å². The van der Waals surface area contributed by atoms with Crippen molar-refractivity contribution < 1.29 is 4.74 Å². The highest BCUT2D eigenvalue weighted by molar-refractivity contribution is 5.20. The number of H-pyrrole nitrogens is 1. The van der Waals surface area contributed by atoms with E-state index in [4.69, 9.17) is 4.74 Å². The summed E-state index contributed by atoms with van der Waals surface area (Å²) in [6, 6.07) is 0. The van der Waals surface area contributed by atoms with E-state index in [9.17, 15) is 4.79 Å². The van der Waals surface area contributed by atoms with Crippen LogP contribution in [0, 0.1) is 12.8 Å². The molecule has 4 nitrogen and oxygen atoms in total. The van der Waals surface area contributed by atoms with Crippen molar-refractivity contribution in [2.24, 2.45) is 5.92 Å². The lowest BCUT2D eigenvalue weighted by molar-refractivity contribution is 0.0286. The number of ether oxygens (including phenoxy) is 1. The van der Waals surface area contributed by atoms with Crippen LogP contribution in [0.25, 0.3) is 0 Å². The van der Waals surface area contributed by atoms with E-state index in [2.05, 4.69) is 9.97 Å². The molecule has 0 amide bonds. The van der Waals surface area contributed by atoms with Crippen LogP contribution >= 0.6 is 0 Å². The maximum atomic E-state index is 12.3. The van der Waals surface area contributed by atoms with Crippen LogP contribution in [0.2, 0.25) is 0 Å². The number of rotatable bonds is 4. The van der Waals surface area contributed by atoms with Crippen LogP contribution in [0.1, 0.15) is 75.1 Å². The molecule has 1 atom stereocenters. The zero-order valence-electron chi connectivity index (χ0n) is 13.0. The van der Waals surface area contributed by atoms with Crippen molar-refractivity contribution in [2.45, 2.75) is 64.9 Å². The van der Waals surface area contributed by atoms with Crippen LogP contribution in [0.15, 0.2) is 4.79 Å². The van der Waals surface area contributed by atoms with Gasteiger partial charge in [0, 0.05) is 18.4 Å². The molecule has 0 radical (unpaired) electrons. The molecule has 1 aliphatic rings. The minimum Gasteiger partial charge on any atom is -0.373 e. The lowest BCUT2D eigenvalue weighted by Crippen LogP contribution is -2.26. The van der Waals surface area contributed by atoms with E-state index in [1.165, 1.54) is 19.3 Å². The number of nitrogens with one attached hydrogen (secondary N) is 1. The smallest absolute Gasteiger partial charge is 0.254 e. The van der Waals surface area contributed by atoms with Gasteiger partial charge in [0.1, 0.15) is 11.9 Å². The van der Waals surface area contributed by atoms with Gasteiger partial charge in [0.25, 0.3) is 5.56 Å². The monoisotopic (exact) mass is 278 g/mol. The molecule has 1 saturated carbocycles. The summed E-state index contributed by atoms with van der Waals surface area (Å²) in [6.07, 6.45) is 6.04. The van der Waals surface area contributed by atoms with Gasteiger partial charge in [0.15, 0.2) is 0 Å². The third kappa shape index (κ3) is 3.11. The molecule has 1 unspecified atom stereocenters. The first-order chi connectivity index (χ1) is 9.54. The lowest BCUT2D eigenvalue weighted by atomic mass is 9.85. The number of hydrogen-bond donors (Lipinski definition) is 1. The molecule has 0 aliphatic heterocycles. The maximum absolute atomic E-state index is 12.3. The van der Waals surface area contributed by atoms with Crippen molar-refractivity contribution in [3.05, 3.63) is 27.4 Å². The second kappa shape index (κ2) is 6.53. The van der Waals surface area contributed by atoms with Gasteiger partial charge in [-0.2, -0.15) is 0 Å². The fraction of sp³-hybridized carbons (Fsp3) is 0.750. The summed E-state index contributed by atoms with van der Waals surface area (Å²) in [5.74, 6) is 1.36. The molecule has 20 heavy (non-hydrogen) atoms. The molecule has 1 heterocycles. The van der Waals surface area contributed by atoms with Crippen molar-refractivity contribution >= 4 is 0 Å². The Morgan fingerprint density at radius 1 is 1.25 bits per heavy atom. The van der Waals surface area contributed by atoms with Crippen LogP contribution in [0.5, 0.6) is 0 Å². The topological polar surface area (TPSA) is 55.0 Å². The average molecular weight is 278 g/mol. The first-order valence-corrected chi connectivity index (χ1v) is 7.68. The molecule has 4 heteroatoms. The van der Waals surface area contributed by atoms with Gasteiger partial charge < -0.3 is 9.72 Å². The Morgan fingerprint density at radius 2 is 1.90 bits per heavy atom. The number of hydrogen-bond acceptors (Lipinski definition) is 3. The van der Waals surface area contributed by atoms with E-state index < -0.39 is 0 Å². The van der Waals surface area contributed by atoms with Gasteiger partial charge >= 0.3 is 0 Å². The second-order valence-electron chi connectivity index (χ2n) is 6.16. The molecule has 1 N–H and O–H groups in total. The minimum atomic E-state index is -0.0806. The van der Waals surface area contributed by atoms with Crippen LogP contribution in [-0.2, 0) is 4.74 Å². The van der Waals surface area contributed by atoms with E-state index in [-0.39, 0.29) is 17.6 Å². The van der Waals surface area contributed by atoms with E-state index in [1.54, 1.807) is 7.11 Å². The van der Waals surface area contributed by atoms with Gasteiger partial charge in [-0.1, -0.05) is 33.1 Å². The quantitative estimate of drug-likeness (QED) is 0.917. The maximum Gasteiger partial charge on any atom is 0.254 e. The van der Waals surface area contributed by atoms with Gasteiger partial charge in [-0.05, 0) is 31.6 Å². The van der Waals surface area contributed by atoms with Crippen LogP contribution in [0.3, 0.4) is 0 Å². The number of aryl methyl sites for hydroxylation is 1. The molecular weight excluding hydrogens is 252 g/mol. The summed E-state index contributed by atoms with van der Waals surface area (Å²) in [7, 11) is 1.71. The van der Waals surface area contributed by atoms with Gasteiger partial charge in [0.05, 0.1) is 0 Å². The fourth-order valence-corrected chi connectivity index (χ4v) is 3.40. The Labute approximate surface area is 121 Å². The third-order valence-electron chi connectivity index (χ3n) is 4.34. The predicted molar refractivity (Wildman–Crippen MR) is 80.0 cm³/mol. The fourth-order valence-electron chi connectivity index (χ4n) is 3.40. The van der Waals surface area contributed by atoms with E-state index in [1.807, 2.05) is 20.8 Å². The molecule has 1 aliphatic carbocycles. The Morgan fingerprint density at radius 3 is 2.40 bits per heavy atom. The van der Waals surface area contributed by atoms with E-state index in [0.717, 1.165) is 24.1 Å². The van der Waals surface area contributed by atoms with Crippen molar-refractivity contribution in [1.29, 1.82) is 0 Å². The highest BCUT2D eigenvalue weighted by Gasteiger charge is 2.27. The minimum absolute atomic E-state index is 0.0136. The number of aromatic nitrogens is 2. The summed E-state index contributed by atoms with van der Waals surface area (Å²) in [4.78, 5) is 19.8. The van der Waals surface area contributed by atoms with Crippen molar-refractivity contribution in [3.8, 4) is 0 Å². The molecule has 1 aromatic rings. The molecule has 1 aromatic heterocycles. The summed E-state index contributed by atoms with van der Waals surface area (Å²) >= 11 is 0. The molecule has 2 rings (SSSR count). The van der Waals surface area contributed by atoms with Gasteiger partial charge in [-0.15, -0.1) is 0 Å². The Hall–Kier alpha value is -1.16. The number of methoxy groups -OCH3 is 1. The Bertz CT molecular complexity index is 502. The zero-order valence-corrected chi connectivity index (χ0v) is 13.0. The summed E-state index contributed by atoms with van der Waals surface area (Å²) in [6.45, 7) is 5.96. The zero-order chi connectivity index (χ0) is 14.7. The lowest BCUT2D eigenvalue weighted by Gasteiger charge is -2.28. The summed E-state index contributed by atoms with van der Waals surface area (Å²) in [5, 5.41) is 0. The third-order valence-corrected chi connectivity index (χ3v) is 4.34. The summed E-state index contributed by atoms with van der Waals surface area (Å²) < 4.78 is 5.65. The highest BCUT2D eigenvalue weighted by Crippen LogP contribution is 2.35. The van der Waals surface area contributed by atoms with Crippen LogP contribution in [-0.4, -0.2) is 17.1 Å². The van der Waals surface area contributed by atoms with Gasteiger partial charge in [-0.25, -0.2) is 4.98 Å². The molecule has 112 valence electrons. The normalized spacial score (nSPS) is 18.4. The Kier molecular flexibility index (Phi) is 4.97. The number of nitrogens with zero attached hydrogens (tertiary/aromatic N) is 1. The van der Waals surface area contributed by atoms with Crippen molar-refractivity contribution in [3.63, 3.8) is 0 Å². The molecule has 0 saturated heterocycles. The van der Waals surface area contributed by atoms with E-state index >= 15 is 0 Å². The highest BCUT2D eigenvalue weighted by atomic mass is 16.5. The molecular formula is C16H26N2O2. The largest absolute Gasteiger partial charge is 0.373 e. The SMILES string of the molecule is COC(c1nc(C)c(C(C)C)c(=O)[nH]1)C1CCCCC1. The van der Waals surface area contributed by atoms with Crippen LogP contribution in [0.4, 0.5) is 0 Å². The van der Waals surface area contributed by atoms with E-state index in [0.29, 0.717) is 11.7 Å². The molecule has 0 aromatic carbocycles. The Balaban J connectivity index is 2.33.